The third kappa shape index (κ3) is 8.34. The van der Waals surface area contributed by atoms with E-state index in [9.17, 15) is 0 Å². The van der Waals surface area contributed by atoms with Gasteiger partial charge in [-0.25, -0.2) is 0 Å². The molecule has 2 aliphatic rings. The molecule has 1 heterocycles. The quantitative estimate of drug-likeness (QED) is 0.257. The second kappa shape index (κ2) is 13.2. The van der Waals surface area contributed by atoms with E-state index in [1.165, 1.54) is 32.1 Å². The lowest BCUT2D eigenvalue weighted by molar-refractivity contribution is 0.0888. The highest BCUT2D eigenvalue weighted by molar-refractivity contribution is 14.0. The molecule has 0 bridgehead atoms. The molecule has 0 amide bonds. The van der Waals surface area contributed by atoms with E-state index >= 15 is 0 Å². The summed E-state index contributed by atoms with van der Waals surface area (Å²) in [6, 6.07) is 0.586. The van der Waals surface area contributed by atoms with Crippen LogP contribution < -0.4 is 10.6 Å². The Kier molecular flexibility index (Phi) is 12.0. The molecule has 0 aromatic heterocycles. The van der Waals surface area contributed by atoms with Gasteiger partial charge in [-0.3, -0.25) is 4.99 Å². The number of ether oxygens (including phenoxy) is 2. The summed E-state index contributed by atoms with van der Waals surface area (Å²) in [6.07, 6.45) is 8.73. The molecule has 0 aromatic rings. The van der Waals surface area contributed by atoms with Crippen LogP contribution in [0.2, 0.25) is 0 Å². The van der Waals surface area contributed by atoms with Gasteiger partial charge in [0.2, 0.25) is 0 Å². The number of nitrogens with one attached hydrogen (secondary N) is 2. The summed E-state index contributed by atoms with van der Waals surface area (Å²) in [4.78, 5) is 4.34. The SMILES string of the molecule is CCC1CCC(NC(=NC)NCCCOCC2CCOC2)CC1.I. The minimum Gasteiger partial charge on any atom is -0.381 e. The summed E-state index contributed by atoms with van der Waals surface area (Å²) in [5.74, 6) is 2.48. The van der Waals surface area contributed by atoms with Crippen molar-refractivity contribution in [3.8, 4) is 0 Å². The number of hydrogen-bond acceptors (Lipinski definition) is 3. The van der Waals surface area contributed by atoms with E-state index < -0.39 is 0 Å². The zero-order valence-electron chi connectivity index (χ0n) is 15.4. The summed E-state index contributed by atoms with van der Waals surface area (Å²) in [7, 11) is 1.85. The fourth-order valence-corrected chi connectivity index (χ4v) is 3.45. The van der Waals surface area contributed by atoms with Crippen LogP contribution in [-0.4, -0.2) is 52.0 Å². The monoisotopic (exact) mass is 453 g/mol. The molecule has 2 rings (SSSR count). The van der Waals surface area contributed by atoms with E-state index in [1.54, 1.807) is 0 Å². The van der Waals surface area contributed by atoms with Gasteiger partial charge < -0.3 is 20.1 Å². The molecule has 1 unspecified atom stereocenters. The van der Waals surface area contributed by atoms with E-state index in [0.717, 1.165) is 57.7 Å². The van der Waals surface area contributed by atoms with Crippen LogP contribution in [0, 0.1) is 11.8 Å². The highest BCUT2D eigenvalue weighted by Gasteiger charge is 2.20. The second-order valence-electron chi connectivity index (χ2n) is 6.93. The van der Waals surface area contributed by atoms with Gasteiger partial charge in [0.05, 0.1) is 13.2 Å². The highest BCUT2D eigenvalue weighted by atomic mass is 127. The molecule has 1 aliphatic heterocycles. The van der Waals surface area contributed by atoms with E-state index in [4.69, 9.17) is 9.47 Å². The summed E-state index contributed by atoms with van der Waals surface area (Å²) >= 11 is 0. The predicted molar refractivity (Wildman–Crippen MR) is 110 cm³/mol. The summed E-state index contributed by atoms with van der Waals surface area (Å²) in [5.41, 5.74) is 0. The van der Waals surface area contributed by atoms with Crippen molar-refractivity contribution in [3.05, 3.63) is 0 Å². The average Bonchev–Trinajstić information content (AvgIpc) is 3.11. The lowest BCUT2D eigenvalue weighted by atomic mass is 9.84. The van der Waals surface area contributed by atoms with Gasteiger partial charge in [-0.2, -0.15) is 0 Å². The molecular weight excluding hydrogens is 417 g/mol. The first-order valence-electron chi connectivity index (χ1n) is 9.44. The maximum absolute atomic E-state index is 5.73. The molecule has 1 aliphatic carbocycles. The van der Waals surface area contributed by atoms with Gasteiger partial charge >= 0.3 is 0 Å². The Labute approximate surface area is 164 Å². The zero-order chi connectivity index (χ0) is 16.3. The molecule has 1 saturated carbocycles. The largest absolute Gasteiger partial charge is 0.381 e. The Morgan fingerprint density at radius 2 is 1.96 bits per heavy atom. The molecule has 6 heteroatoms. The smallest absolute Gasteiger partial charge is 0.191 e. The van der Waals surface area contributed by atoms with Crippen molar-refractivity contribution < 1.29 is 9.47 Å². The van der Waals surface area contributed by atoms with Gasteiger partial charge in [-0.15, -0.1) is 24.0 Å². The molecule has 2 fully saturated rings. The molecule has 0 aromatic carbocycles. The van der Waals surface area contributed by atoms with Gasteiger partial charge in [0.25, 0.3) is 0 Å². The van der Waals surface area contributed by atoms with Crippen molar-refractivity contribution >= 4 is 29.9 Å². The van der Waals surface area contributed by atoms with Crippen molar-refractivity contribution in [1.29, 1.82) is 0 Å². The Morgan fingerprint density at radius 1 is 1.17 bits per heavy atom. The Morgan fingerprint density at radius 3 is 2.58 bits per heavy atom. The van der Waals surface area contributed by atoms with Crippen LogP contribution in [-0.2, 0) is 9.47 Å². The number of hydrogen-bond donors (Lipinski definition) is 2. The minimum absolute atomic E-state index is 0. The normalized spacial score (nSPS) is 27.6. The van der Waals surface area contributed by atoms with Crippen LogP contribution in [0.15, 0.2) is 4.99 Å². The number of rotatable bonds is 8. The summed E-state index contributed by atoms with van der Waals surface area (Å²) in [6.45, 7) is 6.63. The number of nitrogens with zero attached hydrogens (tertiary/aromatic N) is 1. The van der Waals surface area contributed by atoms with Crippen LogP contribution in [0.3, 0.4) is 0 Å². The van der Waals surface area contributed by atoms with Crippen LogP contribution in [0.5, 0.6) is 0 Å². The first-order valence-corrected chi connectivity index (χ1v) is 9.44. The molecule has 1 atom stereocenters. The fourth-order valence-electron chi connectivity index (χ4n) is 3.45. The summed E-state index contributed by atoms with van der Waals surface area (Å²) < 4.78 is 11.1. The van der Waals surface area contributed by atoms with Crippen LogP contribution in [0.1, 0.15) is 51.9 Å². The Bertz CT molecular complexity index is 341. The van der Waals surface area contributed by atoms with Gasteiger partial charge in [0.15, 0.2) is 5.96 Å². The summed E-state index contributed by atoms with van der Waals surface area (Å²) in [5, 5.41) is 6.97. The first kappa shape index (κ1) is 22.0. The number of aliphatic imine (C=N–C) groups is 1. The Balaban J connectivity index is 0.00000288. The second-order valence-corrected chi connectivity index (χ2v) is 6.93. The standard InChI is InChI=1S/C18H35N3O2.HI/c1-3-15-5-7-17(8-6-15)21-18(19-2)20-10-4-11-22-13-16-9-12-23-14-16;/h15-17H,3-14H2,1-2H3,(H2,19,20,21);1H. The maximum atomic E-state index is 5.73. The minimum atomic E-state index is 0. The number of guanidine groups is 1. The van der Waals surface area contributed by atoms with Crippen LogP contribution in [0.4, 0.5) is 0 Å². The van der Waals surface area contributed by atoms with E-state index in [0.29, 0.717) is 12.0 Å². The molecule has 0 radical (unpaired) electrons. The van der Waals surface area contributed by atoms with Gasteiger partial charge in [0, 0.05) is 38.8 Å². The van der Waals surface area contributed by atoms with Gasteiger partial charge in [-0.1, -0.05) is 13.3 Å². The van der Waals surface area contributed by atoms with E-state index in [2.05, 4.69) is 22.5 Å². The third-order valence-electron chi connectivity index (χ3n) is 5.12. The highest BCUT2D eigenvalue weighted by Crippen LogP contribution is 2.26. The zero-order valence-corrected chi connectivity index (χ0v) is 17.7. The van der Waals surface area contributed by atoms with Crippen LogP contribution in [0.25, 0.3) is 0 Å². The van der Waals surface area contributed by atoms with E-state index in [1.807, 2.05) is 7.05 Å². The third-order valence-corrected chi connectivity index (χ3v) is 5.12. The molecule has 142 valence electrons. The van der Waals surface area contributed by atoms with Crippen molar-refractivity contribution in [3.63, 3.8) is 0 Å². The van der Waals surface area contributed by atoms with Crippen molar-refractivity contribution in [2.45, 2.75) is 57.9 Å². The maximum Gasteiger partial charge on any atom is 0.191 e. The predicted octanol–water partition coefficient (Wildman–Crippen LogP) is 3.18. The molecule has 1 saturated heterocycles. The van der Waals surface area contributed by atoms with Gasteiger partial charge in [0.1, 0.15) is 0 Å². The molecular formula is C18H36IN3O2. The van der Waals surface area contributed by atoms with Crippen LogP contribution >= 0.6 is 24.0 Å². The molecule has 5 nitrogen and oxygen atoms in total. The van der Waals surface area contributed by atoms with Crippen molar-refractivity contribution in [2.24, 2.45) is 16.8 Å². The topological polar surface area (TPSA) is 54.9 Å². The first-order chi connectivity index (χ1) is 11.3. The van der Waals surface area contributed by atoms with Crippen molar-refractivity contribution in [1.82, 2.24) is 10.6 Å². The molecule has 2 N–H and O–H groups in total. The Hall–Kier alpha value is -0.0800. The average molecular weight is 453 g/mol. The fraction of sp³-hybridized carbons (Fsp3) is 0.944. The van der Waals surface area contributed by atoms with Gasteiger partial charge in [-0.05, 0) is 44.4 Å². The number of halogens is 1. The molecule has 0 spiro atoms. The molecule has 24 heavy (non-hydrogen) atoms. The van der Waals surface area contributed by atoms with Crippen molar-refractivity contribution in [2.75, 3.05) is 40.0 Å². The lowest BCUT2D eigenvalue weighted by Gasteiger charge is -2.29. The lowest BCUT2D eigenvalue weighted by Crippen LogP contribution is -2.45. The van der Waals surface area contributed by atoms with E-state index in [-0.39, 0.29) is 24.0 Å².